The lowest BCUT2D eigenvalue weighted by Gasteiger charge is -2.09. The van der Waals surface area contributed by atoms with E-state index < -0.39 is 0 Å². The molecule has 0 aliphatic carbocycles. The Balaban J connectivity index is 1.96. The van der Waals surface area contributed by atoms with Crippen molar-refractivity contribution in [2.24, 2.45) is 5.10 Å². The van der Waals surface area contributed by atoms with Gasteiger partial charge >= 0.3 is 0 Å². The number of hydrogen-bond acceptors (Lipinski definition) is 3. The molecule has 0 saturated carbocycles. The van der Waals surface area contributed by atoms with E-state index >= 15 is 0 Å². The van der Waals surface area contributed by atoms with E-state index in [0.717, 1.165) is 26.7 Å². The fourth-order valence-electron chi connectivity index (χ4n) is 2.29. The Morgan fingerprint density at radius 3 is 2.54 bits per heavy atom. The first-order valence-electron chi connectivity index (χ1n) is 8.61. The molecule has 0 heterocycles. The van der Waals surface area contributed by atoms with E-state index in [4.69, 9.17) is 4.74 Å². The number of halogens is 2. The van der Waals surface area contributed by atoms with Gasteiger partial charge in [0.15, 0.2) is 0 Å². The van der Waals surface area contributed by atoms with E-state index in [0.29, 0.717) is 12.2 Å². The van der Waals surface area contributed by atoms with E-state index in [-0.39, 0.29) is 5.91 Å². The van der Waals surface area contributed by atoms with Crippen molar-refractivity contribution in [2.45, 2.75) is 32.6 Å². The van der Waals surface area contributed by atoms with Crippen LogP contribution in [0.25, 0.3) is 0 Å². The fraction of sp³-hybridized carbons (Fsp3) is 0.300. The maximum atomic E-state index is 12.1. The fourth-order valence-corrected chi connectivity index (χ4v) is 2.93. The smallest absolute Gasteiger partial charge is 0.271 e. The Bertz CT molecular complexity index is 746. The molecule has 2 aromatic carbocycles. The number of unbranched alkanes of at least 4 members (excludes halogenated alkanes) is 3. The lowest BCUT2D eigenvalue weighted by molar-refractivity contribution is 0.0955. The zero-order chi connectivity index (χ0) is 18.8. The summed E-state index contributed by atoms with van der Waals surface area (Å²) in [5, 5.41) is 4.06. The van der Waals surface area contributed by atoms with Gasteiger partial charge in [0.05, 0.1) is 12.8 Å². The Hall–Kier alpha value is -1.66. The first kappa shape index (κ1) is 20.6. The van der Waals surface area contributed by atoms with Crippen LogP contribution in [-0.4, -0.2) is 18.7 Å². The second-order valence-corrected chi connectivity index (χ2v) is 7.63. The summed E-state index contributed by atoms with van der Waals surface area (Å²) in [6.45, 7) is 2.86. The minimum Gasteiger partial charge on any atom is -0.493 e. The number of hydrazone groups is 1. The summed E-state index contributed by atoms with van der Waals surface area (Å²) in [6, 6.07) is 12.9. The summed E-state index contributed by atoms with van der Waals surface area (Å²) in [7, 11) is 0. The van der Waals surface area contributed by atoms with Gasteiger partial charge in [0, 0.05) is 20.1 Å². The van der Waals surface area contributed by atoms with Gasteiger partial charge in [-0.05, 0) is 48.9 Å². The summed E-state index contributed by atoms with van der Waals surface area (Å²) in [4.78, 5) is 12.1. The zero-order valence-electron chi connectivity index (χ0n) is 14.7. The average Bonchev–Trinajstić information content (AvgIpc) is 2.63. The molecule has 0 spiro atoms. The highest BCUT2D eigenvalue weighted by Gasteiger charge is 2.05. The standard InChI is InChI=1S/C20H22Br2N2O2/c1-2-3-4-5-12-26-19-11-10-18(22)13-16(19)14-23-24-20(25)15-6-8-17(21)9-7-15/h6-11,13-14H,2-5,12H2,1H3,(H,24,25)/b23-14+. The lowest BCUT2D eigenvalue weighted by atomic mass is 10.2. The van der Waals surface area contributed by atoms with Crippen LogP contribution in [0.3, 0.4) is 0 Å². The summed E-state index contributed by atoms with van der Waals surface area (Å²) in [5.41, 5.74) is 3.90. The second kappa shape index (κ2) is 11.1. The van der Waals surface area contributed by atoms with Gasteiger partial charge in [0.1, 0.15) is 5.75 Å². The monoisotopic (exact) mass is 480 g/mol. The van der Waals surface area contributed by atoms with Crippen LogP contribution in [-0.2, 0) is 0 Å². The molecule has 1 amide bonds. The molecule has 0 fully saturated rings. The van der Waals surface area contributed by atoms with Crippen molar-refractivity contribution in [3.05, 3.63) is 62.5 Å². The van der Waals surface area contributed by atoms with Crippen LogP contribution in [0.2, 0.25) is 0 Å². The van der Waals surface area contributed by atoms with Crippen molar-refractivity contribution in [2.75, 3.05) is 6.61 Å². The van der Waals surface area contributed by atoms with Gasteiger partial charge in [-0.15, -0.1) is 0 Å². The largest absolute Gasteiger partial charge is 0.493 e. The van der Waals surface area contributed by atoms with E-state index in [1.54, 1.807) is 18.3 Å². The van der Waals surface area contributed by atoms with Gasteiger partial charge in [-0.25, -0.2) is 5.43 Å². The number of ether oxygens (including phenoxy) is 1. The highest BCUT2D eigenvalue weighted by atomic mass is 79.9. The highest BCUT2D eigenvalue weighted by molar-refractivity contribution is 9.10. The summed E-state index contributed by atoms with van der Waals surface area (Å²) >= 11 is 6.80. The molecule has 0 aliphatic heterocycles. The van der Waals surface area contributed by atoms with E-state index in [1.165, 1.54) is 19.3 Å². The molecule has 4 nitrogen and oxygen atoms in total. The molecule has 0 unspecified atom stereocenters. The number of carbonyl (C=O) groups excluding carboxylic acids is 1. The van der Waals surface area contributed by atoms with E-state index in [9.17, 15) is 4.79 Å². The molecule has 0 bridgehead atoms. The van der Waals surface area contributed by atoms with Crippen molar-refractivity contribution in [3.8, 4) is 5.75 Å². The summed E-state index contributed by atoms with van der Waals surface area (Å²) in [5.74, 6) is 0.497. The average molecular weight is 482 g/mol. The van der Waals surface area contributed by atoms with Crippen molar-refractivity contribution in [3.63, 3.8) is 0 Å². The van der Waals surface area contributed by atoms with Crippen LogP contribution in [0.5, 0.6) is 5.75 Å². The number of amides is 1. The predicted molar refractivity (Wildman–Crippen MR) is 113 cm³/mol. The van der Waals surface area contributed by atoms with Gasteiger partial charge in [-0.1, -0.05) is 58.0 Å². The third-order valence-corrected chi connectivity index (χ3v) is 4.73. The number of nitrogens with one attached hydrogen (secondary N) is 1. The maximum absolute atomic E-state index is 12.1. The lowest BCUT2D eigenvalue weighted by Crippen LogP contribution is -2.17. The maximum Gasteiger partial charge on any atom is 0.271 e. The molecule has 0 atom stereocenters. The molecule has 0 saturated heterocycles. The van der Waals surface area contributed by atoms with Crippen LogP contribution < -0.4 is 10.2 Å². The quantitative estimate of drug-likeness (QED) is 0.274. The molecule has 2 aromatic rings. The molecule has 1 N–H and O–H groups in total. The number of carbonyl (C=O) groups is 1. The highest BCUT2D eigenvalue weighted by Crippen LogP contribution is 2.22. The van der Waals surface area contributed by atoms with Crippen LogP contribution in [0.15, 0.2) is 56.5 Å². The van der Waals surface area contributed by atoms with Gasteiger partial charge < -0.3 is 4.74 Å². The SMILES string of the molecule is CCCCCCOc1ccc(Br)cc1/C=N/NC(=O)c1ccc(Br)cc1. The van der Waals surface area contributed by atoms with Crippen LogP contribution >= 0.6 is 31.9 Å². The third kappa shape index (κ3) is 6.92. The molecular weight excluding hydrogens is 460 g/mol. The molecule has 26 heavy (non-hydrogen) atoms. The number of rotatable bonds is 9. The van der Waals surface area contributed by atoms with Gasteiger partial charge in [0.25, 0.3) is 5.91 Å². The summed E-state index contributed by atoms with van der Waals surface area (Å²) in [6.07, 6.45) is 6.22. The van der Waals surface area contributed by atoms with Crippen molar-refractivity contribution in [1.29, 1.82) is 0 Å². The first-order valence-corrected chi connectivity index (χ1v) is 10.2. The minimum atomic E-state index is -0.259. The van der Waals surface area contributed by atoms with Crippen LogP contribution in [0.1, 0.15) is 48.5 Å². The minimum absolute atomic E-state index is 0.259. The molecule has 0 radical (unpaired) electrons. The molecule has 138 valence electrons. The van der Waals surface area contributed by atoms with Crippen molar-refractivity contribution in [1.82, 2.24) is 5.43 Å². The van der Waals surface area contributed by atoms with Crippen molar-refractivity contribution >= 4 is 44.0 Å². The summed E-state index contributed by atoms with van der Waals surface area (Å²) < 4.78 is 7.71. The number of hydrogen-bond donors (Lipinski definition) is 1. The normalized spacial score (nSPS) is 10.9. The Kier molecular flexibility index (Phi) is 8.85. The second-order valence-electron chi connectivity index (χ2n) is 5.80. The number of nitrogens with zero attached hydrogens (tertiary/aromatic N) is 1. The van der Waals surface area contributed by atoms with E-state index in [1.807, 2.05) is 30.3 Å². The number of benzene rings is 2. The molecule has 2 rings (SSSR count). The van der Waals surface area contributed by atoms with Crippen LogP contribution in [0.4, 0.5) is 0 Å². The topological polar surface area (TPSA) is 50.7 Å². The third-order valence-electron chi connectivity index (χ3n) is 3.70. The zero-order valence-corrected chi connectivity index (χ0v) is 17.8. The molecular formula is C20H22Br2N2O2. The predicted octanol–water partition coefficient (Wildman–Crippen LogP) is 5.93. The van der Waals surface area contributed by atoms with Gasteiger partial charge in [-0.2, -0.15) is 5.10 Å². The van der Waals surface area contributed by atoms with Gasteiger partial charge in [-0.3, -0.25) is 4.79 Å². The molecule has 0 aliphatic rings. The van der Waals surface area contributed by atoms with Crippen molar-refractivity contribution < 1.29 is 9.53 Å². The van der Waals surface area contributed by atoms with Gasteiger partial charge in [0.2, 0.25) is 0 Å². The Morgan fingerprint density at radius 1 is 1.08 bits per heavy atom. The first-order chi connectivity index (χ1) is 12.6. The molecule has 6 heteroatoms. The molecule has 0 aromatic heterocycles. The van der Waals surface area contributed by atoms with Crippen LogP contribution in [0, 0.1) is 0 Å². The van der Waals surface area contributed by atoms with E-state index in [2.05, 4.69) is 49.3 Å². The Labute approximate surface area is 171 Å². The Morgan fingerprint density at radius 2 is 1.81 bits per heavy atom.